The number of nitrogens with one attached hydrogen (secondary N) is 1. The van der Waals surface area contributed by atoms with Gasteiger partial charge in [-0.25, -0.2) is 0 Å². The summed E-state index contributed by atoms with van der Waals surface area (Å²) in [6, 6.07) is 5.34. The van der Waals surface area contributed by atoms with E-state index < -0.39 is 0 Å². The zero-order chi connectivity index (χ0) is 15.5. The van der Waals surface area contributed by atoms with Crippen molar-refractivity contribution >= 4 is 33.2 Å². The van der Waals surface area contributed by atoms with Gasteiger partial charge >= 0.3 is 0 Å². The summed E-state index contributed by atoms with van der Waals surface area (Å²) >= 11 is 3.40. The monoisotopic (exact) mass is 355 g/mol. The Bertz CT molecular complexity index is 524. The van der Waals surface area contributed by atoms with Crippen LogP contribution in [0.2, 0.25) is 0 Å². The molecule has 1 atom stereocenters. The largest absolute Gasteiger partial charge is 0.399 e. The number of nitrogens with two attached hydrogens (primary N) is 1. The molecule has 1 aliphatic heterocycles. The summed E-state index contributed by atoms with van der Waals surface area (Å²) in [6.45, 7) is 4.17. The highest BCUT2D eigenvalue weighted by atomic mass is 79.9. The first-order valence-electron chi connectivity index (χ1n) is 7.04. The van der Waals surface area contributed by atoms with Gasteiger partial charge in [0.2, 0.25) is 5.91 Å². The van der Waals surface area contributed by atoms with E-state index in [1.165, 1.54) is 0 Å². The molecule has 6 heteroatoms. The van der Waals surface area contributed by atoms with Gasteiger partial charge in [0.1, 0.15) is 0 Å². The fourth-order valence-corrected chi connectivity index (χ4v) is 3.13. The van der Waals surface area contributed by atoms with Gasteiger partial charge in [-0.2, -0.15) is 0 Å². The van der Waals surface area contributed by atoms with E-state index in [1.807, 2.05) is 0 Å². The van der Waals surface area contributed by atoms with E-state index >= 15 is 0 Å². The second-order valence-electron chi connectivity index (χ2n) is 5.76. The Morgan fingerprint density at radius 2 is 2.33 bits per heavy atom. The zero-order valence-corrected chi connectivity index (χ0v) is 14.1. The molecular formula is C15H22BrN3O2. The number of likely N-dealkylation sites (tertiary alicyclic amines) is 1. The van der Waals surface area contributed by atoms with Crippen molar-refractivity contribution in [3.63, 3.8) is 0 Å². The Balaban J connectivity index is 1.92. The molecule has 116 valence electrons. The molecule has 5 nitrogen and oxygen atoms in total. The summed E-state index contributed by atoms with van der Waals surface area (Å²) in [5, 5.41) is 2.91. The molecule has 0 aromatic heterocycles. The minimum absolute atomic E-state index is 0.0270. The Morgan fingerprint density at radius 3 is 3.00 bits per heavy atom. The van der Waals surface area contributed by atoms with E-state index in [4.69, 9.17) is 10.5 Å². The highest BCUT2D eigenvalue weighted by Crippen LogP contribution is 2.26. The molecule has 0 saturated carbocycles. The first-order valence-corrected chi connectivity index (χ1v) is 7.83. The molecule has 0 spiro atoms. The number of halogens is 1. The van der Waals surface area contributed by atoms with Gasteiger partial charge in [-0.3, -0.25) is 9.69 Å². The van der Waals surface area contributed by atoms with Gasteiger partial charge in [0, 0.05) is 23.8 Å². The van der Waals surface area contributed by atoms with Crippen LogP contribution in [0.5, 0.6) is 0 Å². The minimum atomic E-state index is -0.152. The van der Waals surface area contributed by atoms with Crippen molar-refractivity contribution < 1.29 is 9.53 Å². The lowest BCUT2D eigenvalue weighted by Gasteiger charge is -2.39. The SMILES string of the molecule is COC1(C)CCCN(CC(=O)Nc2ccc(N)cc2Br)C1. The predicted octanol–water partition coefficient (Wildman–Crippen LogP) is 2.47. The van der Waals surface area contributed by atoms with Gasteiger partial charge in [0.15, 0.2) is 0 Å². The van der Waals surface area contributed by atoms with Crippen LogP contribution in [0.3, 0.4) is 0 Å². The molecule has 0 radical (unpaired) electrons. The molecule has 1 aromatic rings. The summed E-state index contributed by atoms with van der Waals surface area (Å²) in [5.74, 6) is -0.0270. The number of carbonyl (C=O) groups excluding carboxylic acids is 1. The Labute approximate surface area is 134 Å². The van der Waals surface area contributed by atoms with Gasteiger partial charge in [-0.05, 0) is 60.4 Å². The van der Waals surface area contributed by atoms with Gasteiger partial charge < -0.3 is 15.8 Å². The summed E-state index contributed by atoms with van der Waals surface area (Å²) in [4.78, 5) is 14.3. The van der Waals surface area contributed by atoms with Crippen LogP contribution >= 0.6 is 15.9 Å². The van der Waals surface area contributed by atoms with Crippen molar-refractivity contribution in [2.75, 3.05) is 37.8 Å². The molecule has 1 heterocycles. The number of rotatable bonds is 4. The van der Waals surface area contributed by atoms with E-state index in [1.54, 1.807) is 25.3 Å². The van der Waals surface area contributed by atoms with Crippen LogP contribution in [0.15, 0.2) is 22.7 Å². The molecule has 1 amide bonds. The smallest absolute Gasteiger partial charge is 0.238 e. The van der Waals surface area contributed by atoms with E-state index in [0.29, 0.717) is 12.2 Å². The number of nitrogens with zero attached hydrogens (tertiary/aromatic N) is 1. The molecular weight excluding hydrogens is 334 g/mol. The van der Waals surface area contributed by atoms with Crippen LogP contribution in [0.4, 0.5) is 11.4 Å². The lowest BCUT2D eigenvalue weighted by atomic mass is 9.95. The average Bonchev–Trinajstić information content (AvgIpc) is 2.42. The first-order chi connectivity index (χ1) is 9.92. The number of hydrogen-bond acceptors (Lipinski definition) is 4. The highest BCUT2D eigenvalue weighted by molar-refractivity contribution is 9.10. The average molecular weight is 356 g/mol. The van der Waals surface area contributed by atoms with Crippen LogP contribution in [-0.4, -0.2) is 43.2 Å². The fraction of sp³-hybridized carbons (Fsp3) is 0.533. The third kappa shape index (κ3) is 4.43. The molecule has 1 unspecified atom stereocenters. The quantitative estimate of drug-likeness (QED) is 0.814. The fourth-order valence-electron chi connectivity index (χ4n) is 2.63. The first kappa shape index (κ1) is 16.3. The second-order valence-corrected chi connectivity index (χ2v) is 6.61. The van der Waals surface area contributed by atoms with Crippen molar-refractivity contribution in [2.24, 2.45) is 0 Å². The van der Waals surface area contributed by atoms with Crippen molar-refractivity contribution in [3.8, 4) is 0 Å². The molecule has 1 fully saturated rings. The number of piperidine rings is 1. The zero-order valence-electron chi connectivity index (χ0n) is 12.5. The predicted molar refractivity (Wildman–Crippen MR) is 88.3 cm³/mol. The second kappa shape index (κ2) is 6.77. The number of ether oxygens (including phenoxy) is 1. The molecule has 3 N–H and O–H groups in total. The van der Waals surface area contributed by atoms with Crippen LogP contribution in [0, 0.1) is 0 Å². The van der Waals surface area contributed by atoms with E-state index in [-0.39, 0.29) is 11.5 Å². The number of methoxy groups -OCH3 is 1. The summed E-state index contributed by atoms with van der Waals surface area (Å²) < 4.78 is 6.33. The molecule has 1 saturated heterocycles. The summed E-state index contributed by atoms with van der Waals surface area (Å²) in [7, 11) is 1.73. The number of hydrogen-bond donors (Lipinski definition) is 2. The standard InChI is InChI=1S/C15H22BrN3O2/c1-15(21-2)6-3-7-19(10-15)9-14(20)18-13-5-4-11(17)8-12(13)16/h4-5,8H,3,6-7,9-10,17H2,1-2H3,(H,18,20). The van der Waals surface area contributed by atoms with Gasteiger partial charge in [-0.15, -0.1) is 0 Å². The van der Waals surface area contributed by atoms with E-state index in [2.05, 4.69) is 33.1 Å². The molecule has 0 aliphatic carbocycles. The Morgan fingerprint density at radius 1 is 1.57 bits per heavy atom. The highest BCUT2D eigenvalue weighted by Gasteiger charge is 2.31. The third-order valence-electron chi connectivity index (χ3n) is 3.87. The lowest BCUT2D eigenvalue weighted by Crippen LogP contribution is -2.49. The maximum Gasteiger partial charge on any atom is 0.238 e. The minimum Gasteiger partial charge on any atom is -0.399 e. The van der Waals surface area contributed by atoms with Crippen LogP contribution < -0.4 is 11.1 Å². The van der Waals surface area contributed by atoms with Crippen LogP contribution in [0.25, 0.3) is 0 Å². The van der Waals surface area contributed by atoms with Crippen LogP contribution in [-0.2, 0) is 9.53 Å². The van der Waals surface area contributed by atoms with Crippen molar-refractivity contribution in [2.45, 2.75) is 25.4 Å². The number of anilines is 2. The number of carbonyl (C=O) groups is 1. The molecule has 21 heavy (non-hydrogen) atoms. The summed E-state index contributed by atoms with van der Waals surface area (Å²) in [5.41, 5.74) is 6.93. The van der Waals surface area contributed by atoms with Crippen molar-refractivity contribution in [1.82, 2.24) is 4.90 Å². The van der Waals surface area contributed by atoms with Crippen LogP contribution in [0.1, 0.15) is 19.8 Å². The topological polar surface area (TPSA) is 67.6 Å². The maximum absolute atomic E-state index is 12.2. The van der Waals surface area contributed by atoms with Crippen molar-refractivity contribution in [3.05, 3.63) is 22.7 Å². The summed E-state index contributed by atoms with van der Waals surface area (Å²) in [6.07, 6.45) is 2.08. The maximum atomic E-state index is 12.2. The lowest BCUT2D eigenvalue weighted by molar-refractivity contribution is -0.119. The molecule has 2 rings (SSSR count). The Hall–Kier alpha value is -1.11. The van der Waals surface area contributed by atoms with Gasteiger partial charge in [0.05, 0.1) is 17.8 Å². The number of nitrogen functional groups attached to an aromatic ring is 1. The molecule has 1 aliphatic rings. The molecule has 0 bridgehead atoms. The third-order valence-corrected chi connectivity index (χ3v) is 4.52. The molecule has 1 aromatic carbocycles. The van der Waals surface area contributed by atoms with Gasteiger partial charge in [-0.1, -0.05) is 0 Å². The Kier molecular flexibility index (Phi) is 5.24. The van der Waals surface area contributed by atoms with E-state index in [9.17, 15) is 4.79 Å². The normalized spacial score (nSPS) is 23.0. The number of amides is 1. The van der Waals surface area contributed by atoms with Gasteiger partial charge in [0.25, 0.3) is 0 Å². The van der Waals surface area contributed by atoms with E-state index in [0.717, 1.165) is 36.1 Å². The van der Waals surface area contributed by atoms with Crippen molar-refractivity contribution in [1.29, 1.82) is 0 Å². The number of benzene rings is 1.